The van der Waals surface area contributed by atoms with E-state index in [2.05, 4.69) is 10.3 Å². The third kappa shape index (κ3) is 3.57. The van der Waals surface area contributed by atoms with Gasteiger partial charge >= 0.3 is 0 Å². The second-order valence-corrected chi connectivity index (χ2v) is 5.00. The zero-order valence-electron chi connectivity index (χ0n) is 9.19. The number of carbonyl (C=O) groups excluding carboxylic acids is 1. The van der Waals surface area contributed by atoms with Crippen LogP contribution in [-0.4, -0.2) is 23.5 Å². The quantitative estimate of drug-likeness (QED) is 0.776. The predicted octanol–water partition coefficient (Wildman–Crippen LogP) is 0.929. The van der Waals surface area contributed by atoms with Crippen molar-refractivity contribution in [3.8, 4) is 0 Å². The lowest BCUT2D eigenvalue weighted by atomic mass is 10.2. The fraction of sp³-hybridized carbons (Fsp3) is 0.636. The monoisotopic (exact) mass is 239 g/mol. The molecular weight excluding hydrogens is 222 g/mol. The van der Waals surface area contributed by atoms with Crippen molar-refractivity contribution in [2.75, 3.05) is 6.54 Å². The summed E-state index contributed by atoms with van der Waals surface area (Å²) in [6.45, 7) is 0.612. The number of hydrogen-bond acceptors (Lipinski definition) is 4. The fourth-order valence-corrected chi connectivity index (χ4v) is 2.21. The van der Waals surface area contributed by atoms with Gasteiger partial charge < -0.3 is 11.1 Å². The molecule has 1 aliphatic carbocycles. The molecule has 2 rings (SSSR count). The van der Waals surface area contributed by atoms with E-state index >= 15 is 0 Å². The van der Waals surface area contributed by atoms with Crippen molar-refractivity contribution < 1.29 is 4.79 Å². The van der Waals surface area contributed by atoms with Crippen molar-refractivity contribution in [1.29, 1.82) is 0 Å². The van der Waals surface area contributed by atoms with E-state index in [4.69, 9.17) is 5.73 Å². The Morgan fingerprint density at radius 2 is 2.50 bits per heavy atom. The minimum Gasteiger partial charge on any atom is -0.355 e. The highest BCUT2D eigenvalue weighted by molar-refractivity contribution is 7.07. The van der Waals surface area contributed by atoms with Crippen LogP contribution < -0.4 is 11.1 Å². The topological polar surface area (TPSA) is 68.0 Å². The molecule has 1 aromatic heterocycles. The first kappa shape index (κ1) is 11.5. The first-order valence-corrected chi connectivity index (χ1v) is 6.59. The van der Waals surface area contributed by atoms with Crippen molar-refractivity contribution in [2.45, 2.75) is 31.7 Å². The molecule has 1 aliphatic rings. The van der Waals surface area contributed by atoms with Crippen molar-refractivity contribution in [3.63, 3.8) is 0 Å². The van der Waals surface area contributed by atoms with E-state index in [1.165, 1.54) is 12.8 Å². The molecule has 1 atom stereocenters. The maximum absolute atomic E-state index is 11.5. The first-order chi connectivity index (χ1) is 7.75. The van der Waals surface area contributed by atoms with E-state index in [0.29, 0.717) is 25.3 Å². The number of nitrogens with two attached hydrogens (primary N) is 1. The number of thiazole rings is 1. The van der Waals surface area contributed by atoms with Gasteiger partial charge in [0.2, 0.25) is 5.91 Å². The maximum atomic E-state index is 11.5. The Labute approximate surface area is 99.3 Å². The van der Waals surface area contributed by atoms with Gasteiger partial charge in [-0.1, -0.05) is 0 Å². The standard InChI is InChI=1S/C11H17N3OS/c12-10(8-1-2-8)5-13-11(15)4-3-9-6-16-7-14-9/h6-8,10H,1-5,12H2,(H,13,15). The maximum Gasteiger partial charge on any atom is 0.220 e. The SMILES string of the molecule is NC(CNC(=O)CCc1cscn1)C1CC1. The molecule has 3 N–H and O–H groups in total. The molecule has 5 heteroatoms. The van der Waals surface area contributed by atoms with Crippen LogP contribution in [0, 0.1) is 5.92 Å². The molecule has 1 fully saturated rings. The molecule has 1 saturated carbocycles. The Bertz CT molecular complexity index is 335. The van der Waals surface area contributed by atoms with Crippen LogP contribution in [-0.2, 0) is 11.2 Å². The van der Waals surface area contributed by atoms with Gasteiger partial charge in [-0.15, -0.1) is 11.3 Å². The second-order valence-electron chi connectivity index (χ2n) is 4.29. The van der Waals surface area contributed by atoms with Crippen LogP contribution in [0.1, 0.15) is 25.0 Å². The van der Waals surface area contributed by atoms with Crippen LogP contribution in [0.25, 0.3) is 0 Å². The van der Waals surface area contributed by atoms with Crippen molar-refractivity contribution in [1.82, 2.24) is 10.3 Å². The molecule has 1 unspecified atom stereocenters. The Balaban J connectivity index is 1.60. The molecule has 88 valence electrons. The van der Waals surface area contributed by atoms with E-state index in [1.54, 1.807) is 16.8 Å². The Morgan fingerprint density at radius 1 is 1.69 bits per heavy atom. The van der Waals surface area contributed by atoms with Crippen molar-refractivity contribution in [3.05, 3.63) is 16.6 Å². The van der Waals surface area contributed by atoms with Crippen molar-refractivity contribution >= 4 is 17.2 Å². The molecule has 0 spiro atoms. The normalized spacial score (nSPS) is 17.1. The average Bonchev–Trinajstić information content (AvgIpc) is 3.01. The largest absolute Gasteiger partial charge is 0.355 e. The molecule has 0 radical (unpaired) electrons. The summed E-state index contributed by atoms with van der Waals surface area (Å²) in [6.07, 6.45) is 3.65. The Hall–Kier alpha value is -0.940. The summed E-state index contributed by atoms with van der Waals surface area (Å²) < 4.78 is 0. The average molecular weight is 239 g/mol. The second kappa shape index (κ2) is 5.41. The fourth-order valence-electron chi connectivity index (χ4n) is 1.61. The zero-order valence-corrected chi connectivity index (χ0v) is 10.0. The summed E-state index contributed by atoms with van der Waals surface area (Å²) in [5.74, 6) is 0.711. The lowest BCUT2D eigenvalue weighted by molar-refractivity contribution is -0.121. The summed E-state index contributed by atoms with van der Waals surface area (Å²) in [4.78, 5) is 15.6. The molecule has 0 aromatic carbocycles. The molecular formula is C11H17N3OS. The summed E-state index contributed by atoms with van der Waals surface area (Å²) in [5.41, 5.74) is 8.67. The molecule has 16 heavy (non-hydrogen) atoms. The third-order valence-corrected chi connectivity index (χ3v) is 3.49. The van der Waals surface area contributed by atoms with Crippen LogP contribution >= 0.6 is 11.3 Å². The number of nitrogens with zero attached hydrogens (tertiary/aromatic N) is 1. The van der Waals surface area contributed by atoms with Crippen LogP contribution in [0.4, 0.5) is 0 Å². The van der Waals surface area contributed by atoms with Crippen molar-refractivity contribution in [2.24, 2.45) is 11.7 Å². The van der Waals surface area contributed by atoms with Gasteiger partial charge in [0.15, 0.2) is 0 Å². The molecule has 1 heterocycles. The lowest BCUT2D eigenvalue weighted by Gasteiger charge is -2.11. The molecule has 1 amide bonds. The minimum atomic E-state index is 0.0732. The van der Waals surface area contributed by atoms with E-state index < -0.39 is 0 Å². The van der Waals surface area contributed by atoms with Gasteiger partial charge in [-0.25, -0.2) is 4.98 Å². The minimum absolute atomic E-state index is 0.0732. The van der Waals surface area contributed by atoms with Crippen LogP contribution in [0.2, 0.25) is 0 Å². The first-order valence-electron chi connectivity index (χ1n) is 5.65. The van der Waals surface area contributed by atoms with Gasteiger partial charge in [0, 0.05) is 24.4 Å². The zero-order chi connectivity index (χ0) is 11.4. The molecule has 0 bridgehead atoms. The number of carbonyl (C=O) groups is 1. The lowest BCUT2D eigenvalue weighted by Crippen LogP contribution is -2.38. The van der Waals surface area contributed by atoms with E-state index in [-0.39, 0.29) is 11.9 Å². The van der Waals surface area contributed by atoms with Gasteiger partial charge in [-0.3, -0.25) is 4.79 Å². The number of hydrogen-bond donors (Lipinski definition) is 2. The highest BCUT2D eigenvalue weighted by atomic mass is 32.1. The molecule has 1 aromatic rings. The van der Waals surface area contributed by atoms with Gasteiger partial charge in [0.25, 0.3) is 0 Å². The predicted molar refractivity (Wildman–Crippen MR) is 64.1 cm³/mol. The van der Waals surface area contributed by atoms with Crippen LogP contribution in [0.3, 0.4) is 0 Å². The van der Waals surface area contributed by atoms with E-state index in [1.807, 2.05) is 5.38 Å². The summed E-state index contributed by atoms with van der Waals surface area (Å²) in [6, 6.07) is 0.142. The number of aromatic nitrogens is 1. The smallest absolute Gasteiger partial charge is 0.220 e. The number of nitrogens with one attached hydrogen (secondary N) is 1. The number of amides is 1. The summed E-state index contributed by atoms with van der Waals surface area (Å²) >= 11 is 1.56. The third-order valence-electron chi connectivity index (χ3n) is 2.85. The number of rotatable bonds is 6. The highest BCUT2D eigenvalue weighted by Gasteiger charge is 2.28. The highest BCUT2D eigenvalue weighted by Crippen LogP contribution is 2.31. The Morgan fingerprint density at radius 3 is 3.12 bits per heavy atom. The Kier molecular flexibility index (Phi) is 3.90. The van der Waals surface area contributed by atoms with Gasteiger partial charge in [-0.2, -0.15) is 0 Å². The summed E-state index contributed by atoms with van der Waals surface area (Å²) in [5, 5.41) is 4.85. The van der Waals surface area contributed by atoms with Crippen LogP contribution in [0.15, 0.2) is 10.9 Å². The van der Waals surface area contributed by atoms with Gasteiger partial charge in [0.1, 0.15) is 0 Å². The van der Waals surface area contributed by atoms with E-state index in [9.17, 15) is 4.79 Å². The van der Waals surface area contributed by atoms with E-state index in [0.717, 1.165) is 5.69 Å². The van der Waals surface area contributed by atoms with Gasteiger partial charge in [0.05, 0.1) is 11.2 Å². The molecule has 4 nitrogen and oxygen atoms in total. The van der Waals surface area contributed by atoms with Crippen LogP contribution in [0.5, 0.6) is 0 Å². The summed E-state index contributed by atoms with van der Waals surface area (Å²) in [7, 11) is 0. The number of aryl methyl sites for hydroxylation is 1. The van der Waals surface area contributed by atoms with Gasteiger partial charge in [-0.05, 0) is 25.2 Å². The molecule has 0 aliphatic heterocycles. The molecule has 0 saturated heterocycles.